The SMILES string of the molecule is O=C(CN1CCC(C(=O)c2cc(F)ccc2F)CC1)Nc1ccc(Br)cn1. The first-order chi connectivity index (χ1) is 12.9. The van der Waals surface area contributed by atoms with Crippen molar-refractivity contribution in [2.75, 3.05) is 25.0 Å². The van der Waals surface area contributed by atoms with Gasteiger partial charge in [0.15, 0.2) is 5.78 Å². The molecule has 0 spiro atoms. The van der Waals surface area contributed by atoms with Crippen molar-refractivity contribution in [3.8, 4) is 0 Å². The summed E-state index contributed by atoms with van der Waals surface area (Å²) < 4.78 is 27.9. The number of likely N-dealkylation sites (tertiary alicyclic amines) is 1. The number of carbonyl (C=O) groups excluding carboxylic acids is 2. The van der Waals surface area contributed by atoms with E-state index in [4.69, 9.17) is 0 Å². The Balaban J connectivity index is 1.51. The van der Waals surface area contributed by atoms with Crippen LogP contribution in [0, 0.1) is 17.6 Å². The van der Waals surface area contributed by atoms with Crippen LogP contribution in [0.25, 0.3) is 0 Å². The maximum absolute atomic E-state index is 13.8. The van der Waals surface area contributed by atoms with Crippen LogP contribution in [0.1, 0.15) is 23.2 Å². The minimum absolute atomic E-state index is 0.187. The highest BCUT2D eigenvalue weighted by atomic mass is 79.9. The molecule has 142 valence electrons. The number of carbonyl (C=O) groups is 2. The number of amides is 1. The molecule has 1 amide bonds. The lowest BCUT2D eigenvalue weighted by atomic mass is 9.88. The molecule has 2 aromatic rings. The highest BCUT2D eigenvalue weighted by Crippen LogP contribution is 2.23. The summed E-state index contributed by atoms with van der Waals surface area (Å²) in [7, 11) is 0. The lowest BCUT2D eigenvalue weighted by Crippen LogP contribution is -2.41. The zero-order valence-corrected chi connectivity index (χ0v) is 16.0. The zero-order chi connectivity index (χ0) is 19.4. The van der Waals surface area contributed by atoms with Crippen LogP contribution in [0.15, 0.2) is 41.0 Å². The molecule has 1 aliphatic heterocycles. The standard InChI is InChI=1S/C19H18BrF2N3O2/c20-13-1-4-17(23-10-13)24-18(26)11-25-7-5-12(6-8-25)19(27)15-9-14(21)2-3-16(15)22/h1-4,9-10,12H,5-8,11H2,(H,23,24,26). The van der Waals surface area contributed by atoms with Crippen LogP contribution in [0.5, 0.6) is 0 Å². The Hall–Kier alpha value is -2.19. The molecule has 0 unspecified atom stereocenters. The van der Waals surface area contributed by atoms with Gasteiger partial charge < -0.3 is 5.32 Å². The molecule has 5 nitrogen and oxygen atoms in total. The number of Topliss-reactive ketones (excluding diaryl/α,β-unsaturated/α-hetero) is 1. The first kappa shape index (κ1) is 19.6. The molecule has 0 radical (unpaired) electrons. The van der Waals surface area contributed by atoms with Gasteiger partial charge in [0.05, 0.1) is 12.1 Å². The number of piperidine rings is 1. The van der Waals surface area contributed by atoms with Gasteiger partial charge in [-0.15, -0.1) is 0 Å². The Bertz CT molecular complexity index is 837. The Morgan fingerprint density at radius 1 is 1.19 bits per heavy atom. The van der Waals surface area contributed by atoms with Gasteiger partial charge in [-0.3, -0.25) is 14.5 Å². The van der Waals surface area contributed by atoms with Crippen LogP contribution < -0.4 is 5.32 Å². The quantitative estimate of drug-likeness (QED) is 0.725. The molecule has 1 N–H and O–H groups in total. The lowest BCUT2D eigenvalue weighted by Gasteiger charge is -2.30. The van der Waals surface area contributed by atoms with Gasteiger partial charge in [-0.05, 0) is 72.2 Å². The van der Waals surface area contributed by atoms with Crippen LogP contribution >= 0.6 is 15.9 Å². The number of benzene rings is 1. The monoisotopic (exact) mass is 437 g/mol. The minimum atomic E-state index is -0.704. The molecule has 0 bridgehead atoms. The molecule has 0 saturated carbocycles. The highest BCUT2D eigenvalue weighted by molar-refractivity contribution is 9.10. The third kappa shape index (κ3) is 5.17. The van der Waals surface area contributed by atoms with Gasteiger partial charge in [0.2, 0.25) is 5.91 Å². The van der Waals surface area contributed by atoms with Crippen LogP contribution in [0.3, 0.4) is 0 Å². The smallest absolute Gasteiger partial charge is 0.239 e. The van der Waals surface area contributed by atoms with E-state index in [1.807, 2.05) is 4.90 Å². The van der Waals surface area contributed by atoms with Gasteiger partial charge in [0.1, 0.15) is 17.5 Å². The van der Waals surface area contributed by atoms with E-state index >= 15 is 0 Å². The number of aromatic nitrogens is 1. The molecule has 2 heterocycles. The van der Waals surface area contributed by atoms with Gasteiger partial charge in [0.25, 0.3) is 0 Å². The van der Waals surface area contributed by atoms with E-state index in [1.54, 1.807) is 18.3 Å². The molecule has 8 heteroatoms. The average Bonchev–Trinajstić information content (AvgIpc) is 2.65. The number of hydrogen-bond acceptors (Lipinski definition) is 4. The number of rotatable bonds is 5. The summed E-state index contributed by atoms with van der Waals surface area (Å²) in [6, 6.07) is 6.39. The number of ketones is 1. The number of pyridine rings is 1. The minimum Gasteiger partial charge on any atom is -0.310 e. The topological polar surface area (TPSA) is 62.3 Å². The van der Waals surface area contributed by atoms with Gasteiger partial charge in [-0.2, -0.15) is 0 Å². The molecule has 1 saturated heterocycles. The first-order valence-corrected chi connectivity index (χ1v) is 9.34. The van der Waals surface area contributed by atoms with Crippen molar-refractivity contribution in [1.29, 1.82) is 0 Å². The van der Waals surface area contributed by atoms with E-state index in [0.29, 0.717) is 31.7 Å². The van der Waals surface area contributed by atoms with Gasteiger partial charge in [0, 0.05) is 16.6 Å². The number of anilines is 1. The van der Waals surface area contributed by atoms with E-state index < -0.39 is 11.6 Å². The summed E-state index contributed by atoms with van der Waals surface area (Å²) in [4.78, 5) is 30.6. The summed E-state index contributed by atoms with van der Waals surface area (Å²) in [6.45, 7) is 1.26. The van der Waals surface area contributed by atoms with Gasteiger partial charge >= 0.3 is 0 Å². The lowest BCUT2D eigenvalue weighted by molar-refractivity contribution is -0.117. The van der Waals surface area contributed by atoms with Crippen molar-refractivity contribution in [3.63, 3.8) is 0 Å². The van der Waals surface area contributed by atoms with E-state index in [2.05, 4.69) is 26.2 Å². The molecular formula is C19H18BrF2N3O2. The fourth-order valence-corrected chi connectivity index (χ4v) is 3.33. The van der Waals surface area contributed by atoms with Gasteiger partial charge in [-0.25, -0.2) is 13.8 Å². The first-order valence-electron chi connectivity index (χ1n) is 8.55. The predicted octanol–water partition coefficient (Wildman–Crippen LogP) is 3.66. The highest BCUT2D eigenvalue weighted by Gasteiger charge is 2.28. The Labute approximate surface area is 163 Å². The summed E-state index contributed by atoms with van der Waals surface area (Å²) in [5, 5.41) is 2.72. The normalized spacial score (nSPS) is 15.5. The van der Waals surface area contributed by atoms with E-state index in [9.17, 15) is 18.4 Å². The Kier molecular flexibility index (Phi) is 6.28. The van der Waals surface area contributed by atoms with Crippen molar-refractivity contribution in [2.45, 2.75) is 12.8 Å². The molecular weight excluding hydrogens is 420 g/mol. The number of nitrogens with zero attached hydrogens (tertiary/aromatic N) is 2. The molecule has 3 rings (SSSR count). The predicted molar refractivity (Wildman–Crippen MR) is 100 cm³/mol. The van der Waals surface area contributed by atoms with E-state index in [-0.39, 0.29) is 29.7 Å². The van der Waals surface area contributed by atoms with Crippen LogP contribution in [-0.4, -0.2) is 41.2 Å². The second-order valence-corrected chi connectivity index (χ2v) is 7.36. The van der Waals surface area contributed by atoms with Crippen molar-refractivity contribution in [2.24, 2.45) is 5.92 Å². The van der Waals surface area contributed by atoms with Gasteiger partial charge in [-0.1, -0.05) is 0 Å². The molecule has 1 fully saturated rings. The van der Waals surface area contributed by atoms with Crippen molar-refractivity contribution >= 4 is 33.4 Å². The summed E-state index contributed by atoms with van der Waals surface area (Å²) >= 11 is 3.28. The summed E-state index contributed by atoms with van der Waals surface area (Å²) in [6.07, 6.45) is 2.59. The number of hydrogen-bond donors (Lipinski definition) is 1. The van der Waals surface area contributed by atoms with Crippen molar-refractivity contribution in [1.82, 2.24) is 9.88 Å². The fourth-order valence-electron chi connectivity index (χ4n) is 3.09. The molecule has 0 atom stereocenters. The fraction of sp³-hybridized carbons (Fsp3) is 0.316. The second kappa shape index (κ2) is 8.67. The third-order valence-corrected chi connectivity index (χ3v) is 4.98. The molecule has 1 aromatic heterocycles. The molecule has 0 aliphatic carbocycles. The maximum Gasteiger partial charge on any atom is 0.239 e. The van der Waals surface area contributed by atoms with Crippen molar-refractivity contribution in [3.05, 3.63) is 58.2 Å². The van der Waals surface area contributed by atoms with E-state index in [1.165, 1.54) is 0 Å². The Morgan fingerprint density at radius 3 is 2.59 bits per heavy atom. The second-order valence-electron chi connectivity index (χ2n) is 6.45. The average molecular weight is 438 g/mol. The summed E-state index contributed by atoms with van der Waals surface area (Å²) in [5.74, 6) is -1.80. The zero-order valence-electron chi connectivity index (χ0n) is 14.4. The maximum atomic E-state index is 13.8. The van der Waals surface area contributed by atoms with Crippen LogP contribution in [0.2, 0.25) is 0 Å². The molecule has 1 aromatic carbocycles. The largest absolute Gasteiger partial charge is 0.310 e. The number of halogens is 3. The van der Waals surface area contributed by atoms with Crippen molar-refractivity contribution < 1.29 is 18.4 Å². The van der Waals surface area contributed by atoms with E-state index in [0.717, 1.165) is 22.7 Å². The Morgan fingerprint density at radius 2 is 1.93 bits per heavy atom. The number of nitrogens with one attached hydrogen (secondary N) is 1. The van der Waals surface area contributed by atoms with Crippen LogP contribution in [-0.2, 0) is 4.79 Å². The van der Waals surface area contributed by atoms with Crippen LogP contribution in [0.4, 0.5) is 14.6 Å². The molecule has 27 heavy (non-hydrogen) atoms. The summed E-state index contributed by atoms with van der Waals surface area (Å²) in [5.41, 5.74) is -0.201. The third-order valence-electron chi connectivity index (χ3n) is 4.51. The molecule has 1 aliphatic rings.